The molecule has 4 heterocycles. The molecule has 4 atom stereocenters. The van der Waals surface area contributed by atoms with E-state index in [0.29, 0.717) is 23.6 Å². The van der Waals surface area contributed by atoms with Gasteiger partial charge in [0.05, 0.1) is 12.0 Å². The van der Waals surface area contributed by atoms with Crippen LogP contribution in [-0.4, -0.2) is 44.7 Å². The molecule has 0 radical (unpaired) electrons. The van der Waals surface area contributed by atoms with Crippen molar-refractivity contribution in [3.63, 3.8) is 0 Å². The van der Waals surface area contributed by atoms with E-state index in [1.807, 2.05) is 24.3 Å². The van der Waals surface area contributed by atoms with Crippen molar-refractivity contribution in [2.75, 3.05) is 13.2 Å². The average molecular weight is 489 g/mol. The van der Waals surface area contributed by atoms with E-state index < -0.39 is 5.92 Å². The highest BCUT2D eigenvalue weighted by molar-refractivity contribution is 5.80. The van der Waals surface area contributed by atoms with Gasteiger partial charge in [0, 0.05) is 61.9 Å². The van der Waals surface area contributed by atoms with Crippen LogP contribution in [0.2, 0.25) is 0 Å². The predicted octanol–water partition coefficient (Wildman–Crippen LogP) is 2.74. The topological polar surface area (TPSA) is 87.5 Å². The molecule has 1 amide bonds. The van der Waals surface area contributed by atoms with Gasteiger partial charge in [0.15, 0.2) is 0 Å². The Kier molecular flexibility index (Phi) is 5.93. The van der Waals surface area contributed by atoms with Gasteiger partial charge in [-0.05, 0) is 66.3 Å². The van der Waals surface area contributed by atoms with Gasteiger partial charge in [-0.1, -0.05) is 12.1 Å². The number of nitrogens with one attached hydrogen (secondary N) is 1. The van der Waals surface area contributed by atoms with Crippen LogP contribution >= 0.6 is 0 Å². The Morgan fingerprint density at radius 1 is 1.14 bits per heavy atom. The lowest BCUT2D eigenvalue weighted by atomic mass is 9.86. The van der Waals surface area contributed by atoms with Crippen molar-refractivity contribution >= 4 is 5.91 Å². The molecule has 186 valence electrons. The number of carbonyl (C=O) groups excluding carboxylic acids is 1. The highest BCUT2D eigenvalue weighted by atomic mass is 19.1. The summed E-state index contributed by atoms with van der Waals surface area (Å²) in [6.07, 6.45) is 5.68. The number of rotatable bonds is 7. The molecule has 1 saturated heterocycles. The van der Waals surface area contributed by atoms with Crippen molar-refractivity contribution in [2.45, 2.75) is 38.0 Å². The highest BCUT2D eigenvalue weighted by Crippen LogP contribution is 2.50. The van der Waals surface area contributed by atoms with Crippen molar-refractivity contribution in [3.8, 4) is 11.1 Å². The quantitative estimate of drug-likeness (QED) is 0.534. The van der Waals surface area contributed by atoms with Crippen LogP contribution in [0.5, 0.6) is 0 Å². The molecule has 1 saturated carbocycles. The highest BCUT2D eigenvalue weighted by Gasteiger charge is 2.56. The number of pyridine rings is 2. The molecule has 0 unspecified atom stereocenters. The van der Waals surface area contributed by atoms with Gasteiger partial charge in [-0.2, -0.15) is 0 Å². The molecule has 2 aliphatic heterocycles. The zero-order valence-electron chi connectivity index (χ0n) is 19.9. The second-order valence-electron chi connectivity index (χ2n) is 10.2. The summed E-state index contributed by atoms with van der Waals surface area (Å²) in [5.41, 5.74) is 2.82. The fourth-order valence-corrected chi connectivity index (χ4v) is 6.08. The van der Waals surface area contributed by atoms with Crippen molar-refractivity contribution < 1.29 is 14.3 Å². The lowest BCUT2D eigenvalue weighted by molar-refractivity contribution is -0.127. The van der Waals surface area contributed by atoms with Gasteiger partial charge in [0.2, 0.25) is 5.91 Å². The second kappa shape index (κ2) is 9.26. The Morgan fingerprint density at radius 2 is 1.94 bits per heavy atom. The van der Waals surface area contributed by atoms with E-state index >= 15 is 0 Å². The molecular weight excluding hydrogens is 459 g/mol. The van der Waals surface area contributed by atoms with Crippen LogP contribution < -0.4 is 10.9 Å². The van der Waals surface area contributed by atoms with E-state index in [9.17, 15) is 19.1 Å². The molecule has 36 heavy (non-hydrogen) atoms. The molecule has 2 N–H and O–H groups in total. The van der Waals surface area contributed by atoms with Crippen LogP contribution in [0.3, 0.4) is 0 Å². The number of carbonyl (C=O) groups is 1. The van der Waals surface area contributed by atoms with Crippen LogP contribution in [0.4, 0.5) is 4.39 Å². The van der Waals surface area contributed by atoms with Gasteiger partial charge in [-0.15, -0.1) is 0 Å². The number of aromatic nitrogens is 2. The first-order chi connectivity index (χ1) is 17.5. The standard InChI is InChI=1S/C28H29FN4O3/c29-20-3-1-2-18(12-20)13-31-27(35)25-22(16-34)24-15-33-23(26(25)32(24)14-17-4-5-17)7-6-21(28(33)36)19-8-10-30-11-9-19/h1-3,6-12,17,22,24-26,34H,4-5,13-16H2,(H,31,35)/t22-,24-,25+,26+/m1/s1. The van der Waals surface area contributed by atoms with E-state index in [0.717, 1.165) is 17.8 Å². The van der Waals surface area contributed by atoms with Crippen LogP contribution in [0.15, 0.2) is 65.7 Å². The summed E-state index contributed by atoms with van der Waals surface area (Å²) in [5, 5.41) is 13.4. The van der Waals surface area contributed by atoms with Gasteiger partial charge in [0.1, 0.15) is 5.82 Å². The molecule has 2 aromatic heterocycles. The van der Waals surface area contributed by atoms with E-state index in [2.05, 4.69) is 15.2 Å². The van der Waals surface area contributed by atoms with Crippen LogP contribution in [0.25, 0.3) is 11.1 Å². The number of benzene rings is 1. The minimum Gasteiger partial charge on any atom is -0.396 e. The first kappa shape index (κ1) is 23.1. The van der Waals surface area contributed by atoms with E-state index in [1.54, 1.807) is 29.1 Å². The first-order valence-corrected chi connectivity index (χ1v) is 12.6. The number of aliphatic hydroxyl groups excluding tert-OH is 1. The molecule has 2 fully saturated rings. The Hall–Kier alpha value is -3.36. The summed E-state index contributed by atoms with van der Waals surface area (Å²) in [6.45, 7) is 1.37. The lowest BCUT2D eigenvalue weighted by Gasteiger charge is -2.38. The molecule has 6 rings (SSSR count). The number of hydrogen-bond donors (Lipinski definition) is 2. The molecule has 0 spiro atoms. The Balaban J connectivity index is 1.36. The van der Waals surface area contributed by atoms with Gasteiger partial charge < -0.3 is 15.0 Å². The number of amides is 1. The zero-order chi connectivity index (χ0) is 24.8. The molecule has 8 heteroatoms. The predicted molar refractivity (Wildman–Crippen MR) is 132 cm³/mol. The summed E-state index contributed by atoms with van der Waals surface area (Å²) in [7, 11) is 0. The number of halogens is 1. The van der Waals surface area contributed by atoms with Crippen LogP contribution in [-0.2, 0) is 17.9 Å². The molecular formula is C28H29FN4O3. The largest absolute Gasteiger partial charge is 0.396 e. The zero-order valence-corrected chi connectivity index (χ0v) is 19.9. The first-order valence-electron chi connectivity index (χ1n) is 12.6. The third-order valence-corrected chi connectivity index (χ3v) is 7.99. The summed E-state index contributed by atoms with van der Waals surface area (Å²) in [5.74, 6) is -0.735. The summed E-state index contributed by atoms with van der Waals surface area (Å²) < 4.78 is 15.4. The number of hydrogen-bond acceptors (Lipinski definition) is 5. The van der Waals surface area contributed by atoms with E-state index in [-0.39, 0.29) is 48.4 Å². The second-order valence-corrected chi connectivity index (χ2v) is 10.2. The number of aliphatic hydroxyl groups is 1. The molecule has 7 nitrogen and oxygen atoms in total. The van der Waals surface area contributed by atoms with Gasteiger partial charge in [0.25, 0.3) is 5.56 Å². The van der Waals surface area contributed by atoms with Gasteiger partial charge in [-0.25, -0.2) is 4.39 Å². The third-order valence-electron chi connectivity index (χ3n) is 7.99. The number of fused-ring (bicyclic) bond motifs is 4. The molecule has 3 aliphatic rings. The fourth-order valence-electron chi connectivity index (χ4n) is 6.08. The van der Waals surface area contributed by atoms with Crippen molar-refractivity contribution in [1.29, 1.82) is 0 Å². The fraction of sp³-hybridized carbons (Fsp3) is 0.393. The Morgan fingerprint density at radius 3 is 2.67 bits per heavy atom. The van der Waals surface area contributed by atoms with Crippen molar-refractivity contribution in [1.82, 2.24) is 19.8 Å². The van der Waals surface area contributed by atoms with Crippen LogP contribution in [0.1, 0.15) is 30.1 Å². The Labute approximate surface area is 208 Å². The van der Waals surface area contributed by atoms with Crippen molar-refractivity contribution in [2.24, 2.45) is 17.8 Å². The summed E-state index contributed by atoms with van der Waals surface area (Å²) in [4.78, 5) is 33.6. The van der Waals surface area contributed by atoms with Crippen molar-refractivity contribution in [3.05, 3.63) is 88.4 Å². The number of nitrogens with zero attached hydrogens (tertiary/aromatic N) is 3. The molecule has 2 bridgehead atoms. The Bertz CT molecular complexity index is 1340. The van der Waals surface area contributed by atoms with Gasteiger partial charge in [-0.3, -0.25) is 19.5 Å². The molecule has 3 aromatic rings. The third kappa shape index (κ3) is 4.04. The van der Waals surface area contributed by atoms with Crippen LogP contribution in [0, 0.1) is 23.6 Å². The average Bonchev–Trinajstić information content (AvgIpc) is 3.68. The lowest BCUT2D eigenvalue weighted by Crippen LogP contribution is -2.47. The van der Waals surface area contributed by atoms with Gasteiger partial charge >= 0.3 is 0 Å². The van der Waals surface area contributed by atoms with E-state index in [1.165, 1.54) is 25.0 Å². The van der Waals surface area contributed by atoms with E-state index in [4.69, 9.17) is 0 Å². The summed E-state index contributed by atoms with van der Waals surface area (Å²) in [6, 6.07) is 13.2. The minimum absolute atomic E-state index is 0.0859. The summed E-state index contributed by atoms with van der Waals surface area (Å²) >= 11 is 0. The monoisotopic (exact) mass is 488 g/mol. The molecule has 1 aromatic carbocycles. The molecule has 1 aliphatic carbocycles. The maximum absolute atomic E-state index is 13.6. The SMILES string of the molecule is O=C(NCc1cccc(F)c1)[C@H]1[C@H](CO)[C@H]2Cn3c(ccc(-c4ccncc4)c3=O)[C@@H]1N2CC1CC1. The normalized spacial score (nSPS) is 24.9. The maximum Gasteiger partial charge on any atom is 0.258 e. The minimum atomic E-state index is -0.507. The maximum atomic E-state index is 13.6. The smallest absolute Gasteiger partial charge is 0.258 e.